The molecule has 1 saturated heterocycles. The van der Waals surface area contributed by atoms with E-state index < -0.39 is 15.4 Å². The minimum absolute atomic E-state index is 0.0890. The van der Waals surface area contributed by atoms with E-state index in [4.69, 9.17) is 4.74 Å². The van der Waals surface area contributed by atoms with Crippen molar-refractivity contribution in [2.75, 3.05) is 31.6 Å². The molecule has 7 heteroatoms. The number of rotatable bonds is 7. The number of nitrogens with zero attached hydrogens (tertiary/aromatic N) is 1. The molecule has 0 unspecified atom stereocenters. The van der Waals surface area contributed by atoms with Crippen molar-refractivity contribution in [1.29, 1.82) is 0 Å². The van der Waals surface area contributed by atoms with E-state index in [9.17, 15) is 13.2 Å². The third-order valence-electron chi connectivity index (χ3n) is 5.24. The van der Waals surface area contributed by atoms with Crippen LogP contribution in [0, 0.1) is 19.3 Å². The Labute approximate surface area is 163 Å². The Kier molecular flexibility index (Phi) is 7.05. The molecular formula is C20H32N2O4S. The first-order chi connectivity index (χ1) is 12.6. The fraction of sp³-hybridized carbons (Fsp3) is 0.650. The molecule has 0 radical (unpaired) electrons. The second kappa shape index (κ2) is 8.71. The highest BCUT2D eigenvalue weighted by atomic mass is 32.2. The molecule has 6 nitrogen and oxygen atoms in total. The number of anilines is 1. The average molecular weight is 397 g/mol. The number of morpholine rings is 1. The molecule has 1 N–H and O–H groups in total. The summed E-state index contributed by atoms with van der Waals surface area (Å²) in [6.45, 7) is 11.1. The zero-order valence-corrected chi connectivity index (χ0v) is 17.9. The zero-order chi connectivity index (χ0) is 20.2. The lowest BCUT2D eigenvalue weighted by molar-refractivity contribution is -0.124. The minimum atomic E-state index is -3.62. The van der Waals surface area contributed by atoms with E-state index in [0.29, 0.717) is 37.6 Å². The summed E-state index contributed by atoms with van der Waals surface area (Å²) in [4.78, 5) is 13.0. The molecule has 1 aliphatic heterocycles. The quantitative estimate of drug-likeness (QED) is 0.766. The number of carbonyl (C=O) groups is 1. The van der Waals surface area contributed by atoms with Gasteiger partial charge < -0.3 is 10.1 Å². The number of carbonyl (C=O) groups excluding carboxylic acids is 1. The third kappa shape index (κ3) is 5.09. The molecule has 1 aliphatic rings. The van der Waals surface area contributed by atoms with Gasteiger partial charge in [0.25, 0.3) is 0 Å². The molecule has 0 bridgehead atoms. The largest absolute Gasteiger partial charge is 0.379 e. The molecule has 0 aromatic heterocycles. The maximum absolute atomic E-state index is 13.1. The SMILES string of the molecule is CCCCC(C)(C)C(=O)Nc1cc(C)c(C)c(S(=O)(=O)N2CCOCC2)c1. The monoisotopic (exact) mass is 396 g/mol. The lowest BCUT2D eigenvalue weighted by atomic mass is 9.86. The minimum Gasteiger partial charge on any atom is -0.379 e. The van der Waals surface area contributed by atoms with Crippen LogP contribution >= 0.6 is 0 Å². The van der Waals surface area contributed by atoms with E-state index in [0.717, 1.165) is 24.8 Å². The summed E-state index contributed by atoms with van der Waals surface area (Å²) in [5.41, 5.74) is 1.58. The lowest BCUT2D eigenvalue weighted by Gasteiger charge is -2.28. The Bertz CT molecular complexity index is 781. The van der Waals surface area contributed by atoms with Crippen LogP contribution in [0.4, 0.5) is 5.69 Å². The number of amides is 1. The van der Waals surface area contributed by atoms with Crippen LogP contribution in [-0.4, -0.2) is 44.9 Å². The lowest BCUT2D eigenvalue weighted by Crippen LogP contribution is -2.41. The zero-order valence-electron chi connectivity index (χ0n) is 17.1. The Morgan fingerprint density at radius 3 is 2.44 bits per heavy atom. The molecule has 1 fully saturated rings. The van der Waals surface area contributed by atoms with Crippen molar-refractivity contribution < 1.29 is 17.9 Å². The van der Waals surface area contributed by atoms with Crippen molar-refractivity contribution in [3.8, 4) is 0 Å². The predicted molar refractivity (Wildman–Crippen MR) is 107 cm³/mol. The van der Waals surface area contributed by atoms with Crippen molar-refractivity contribution in [2.45, 2.75) is 58.8 Å². The number of aryl methyl sites for hydroxylation is 1. The third-order valence-corrected chi connectivity index (χ3v) is 7.26. The standard InChI is InChI=1S/C20H32N2O4S/c1-6-7-8-20(4,5)19(23)21-17-13-15(2)16(3)18(14-17)27(24,25)22-9-11-26-12-10-22/h13-14H,6-12H2,1-5H3,(H,21,23). The van der Waals surface area contributed by atoms with Crippen LogP contribution in [0.1, 0.15) is 51.2 Å². The highest BCUT2D eigenvalue weighted by molar-refractivity contribution is 7.89. The summed E-state index contributed by atoms with van der Waals surface area (Å²) in [6, 6.07) is 3.42. The predicted octanol–water partition coefficient (Wildman–Crippen LogP) is 3.48. The Morgan fingerprint density at radius 1 is 1.22 bits per heavy atom. The Hall–Kier alpha value is -1.44. The summed E-state index contributed by atoms with van der Waals surface area (Å²) >= 11 is 0. The van der Waals surface area contributed by atoms with E-state index in [-0.39, 0.29) is 10.8 Å². The highest BCUT2D eigenvalue weighted by Gasteiger charge is 2.30. The van der Waals surface area contributed by atoms with Gasteiger partial charge in [-0.15, -0.1) is 0 Å². The highest BCUT2D eigenvalue weighted by Crippen LogP contribution is 2.30. The van der Waals surface area contributed by atoms with Crippen molar-refractivity contribution in [2.24, 2.45) is 5.41 Å². The summed E-state index contributed by atoms with van der Waals surface area (Å²) in [6.07, 6.45) is 2.80. The number of nitrogens with one attached hydrogen (secondary N) is 1. The van der Waals surface area contributed by atoms with E-state index in [1.165, 1.54) is 4.31 Å². The van der Waals surface area contributed by atoms with Gasteiger partial charge in [0.2, 0.25) is 15.9 Å². The molecule has 0 atom stereocenters. The molecule has 0 spiro atoms. The summed E-state index contributed by atoms with van der Waals surface area (Å²) in [5.74, 6) is -0.0890. The van der Waals surface area contributed by atoms with Crippen LogP contribution in [0.15, 0.2) is 17.0 Å². The Morgan fingerprint density at radius 2 is 1.85 bits per heavy atom. The molecule has 0 saturated carbocycles. The molecule has 27 heavy (non-hydrogen) atoms. The number of hydrogen-bond donors (Lipinski definition) is 1. The molecule has 1 amide bonds. The average Bonchev–Trinajstić information content (AvgIpc) is 2.63. The summed E-state index contributed by atoms with van der Waals surface area (Å²) < 4.78 is 32.9. The van der Waals surface area contributed by atoms with Gasteiger partial charge in [0, 0.05) is 24.2 Å². The van der Waals surface area contributed by atoms with Gasteiger partial charge in [-0.1, -0.05) is 33.6 Å². The number of unbranched alkanes of at least 4 members (excludes halogenated alkanes) is 1. The fourth-order valence-corrected chi connectivity index (χ4v) is 4.86. The van der Waals surface area contributed by atoms with Crippen molar-refractivity contribution >= 4 is 21.6 Å². The second-order valence-corrected chi connectivity index (χ2v) is 9.78. The maximum Gasteiger partial charge on any atom is 0.243 e. The summed E-state index contributed by atoms with van der Waals surface area (Å²) in [5, 5.41) is 2.93. The van der Waals surface area contributed by atoms with Crippen molar-refractivity contribution in [3.05, 3.63) is 23.3 Å². The Balaban J connectivity index is 2.31. The van der Waals surface area contributed by atoms with Gasteiger partial charge in [0.15, 0.2) is 0 Å². The molecule has 2 rings (SSSR count). The van der Waals surface area contributed by atoms with E-state index in [1.807, 2.05) is 26.8 Å². The van der Waals surface area contributed by atoms with Crippen molar-refractivity contribution in [1.82, 2.24) is 4.31 Å². The van der Waals surface area contributed by atoms with Crippen LogP contribution < -0.4 is 5.32 Å². The van der Waals surface area contributed by atoms with Crippen LogP contribution in [-0.2, 0) is 19.6 Å². The number of ether oxygens (including phenoxy) is 1. The van der Waals surface area contributed by atoms with Crippen molar-refractivity contribution in [3.63, 3.8) is 0 Å². The van der Waals surface area contributed by atoms with Crippen LogP contribution in [0.25, 0.3) is 0 Å². The van der Waals surface area contributed by atoms with Gasteiger partial charge in [-0.2, -0.15) is 4.31 Å². The number of sulfonamides is 1. The topological polar surface area (TPSA) is 75.7 Å². The smallest absolute Gasteiger partial charge is 0.243 e. The molecule has 0 aliphatic carbocycles. The van der Waals surface area contributed by atoms with Crippen LogP contribution in [0.3, 0.4) is 0 Å². The van der Waals surface area contributed by atoms with E-state index >= 15 is 0 Å². The normalized spacial score (nSPS) is 16.3. The van der Waals surface area contributed by atoms with E-state index in [2.05, 4.69) is 12.2 Å². The first kappa shape index (κ1) is 21.9. The van der Waals surface area contributed by atoms with Gasteiger partial charge in [-0.05, 0) is 43.5 Å². The van der Waals surface area contributed by atoms with Gasteiger partial charge in [0.05, 0.1) is 18.1 Å². The van der Waals surface area contributed by atoms with E-state index in [1.54, 1.807) is 13.0 Å². The van der Waals surface area contributed by atoms with Gasteiger partial charge in [0.1, 0.15) is 0 Å². The van der Waals surface area contributed by atoms with Crippen LogP contribution in [0.2, 0.25) is 0 Å². The summed E-state index contributed by atoms with van der Waals surface area (Å²) in [7, 11) is -3.62. The van der Waals surface area contributed by atoms with Crippen LogP contribution in [0.5, 0.6) is 0 Å². The first-order valence-electron chi connectivity index (χ1n) is 9.60. The second-order valence-electron chi connectivity index (χ2n) is 7.87. The van der Waals surface area contributed by atoms with Gasteiger partial charge in [-0.3, -0.25) is 4.79 Å². The molecular weight excluding hydrogens is 364 g/mol. The first-order valence-corrected chi connectivity index (χ1v) is 11.0. The number of hydrogen-bond acceptors (Lipinski definition) is 4. The molecule has 1 aromatic carbocycles. The number of benzene rings is 1. The maximum atomic E-state index is 13.1. The van der Waals surface area contributed by atoms with Gasteiger partial charge >= 0.3 is 0 Å². The molecule has 1 aromatic rings. The van der Waals surface area contributed by atoms with Gasteiger partial charge in [-0.25, -0.2) is 8.42 Å². The molecule has 152 valence electrons. The molecule has 1 heterocycles. The fourth-order valence-electron chi connectivity index (χ4n) is 3.13.